The van der Waals surface area contributed by atoms with Crippen LogP contribution in [0.2, 0.25) is 0 Å². The van der Waals surface area contributed by atoms with Crippen molar-refractivity contribution in [2.45, 2.75) is 25.7 Å². The van der Waals surface area contributed by atoms with Gasteiger partial charge >= 0.3 is 5.97 Å². The molecule has 0 aliphatic carbocycles. The standard InChI is InChI=1S/C13H15NO3/c15-12(6-3-7-13(16)17)14-9-8-10-4-1-2-5-11(10)14/h1-2,4-5H,3,6-9H2,(H,16,17). The lowest BCUT2D eigenvalue weighted by atomic mass is 10.2. The van der Waals surface area contributed by atoms with Gasteiger partial charge in [0.1, 0.15) is 0 Å². The van der Waals surface area contributed by atoms with E-state index in [1.165, 1.54) is 5.56 Å². The third-order valence-corrected chi connectivity index (χ3v) is 2.97. The van der Waals surface area contributed by atoms with Crippen molar-refractivity contribution in [3.05, 3.63) is 29.8 Å². The molecule has 0 spiro atoms. The maximum atomic E-state index is 11.9. The summed E-state index contributed by atoms with van der Waals surface area (Å²) in [4.78, 5) is 24.1. The van der Waals surface area contributed by atoms with Crippen molar-refractivity contribution in [1.29, 1.82) is 0 Å². The van der Waals surface area contributed by atoms with Gasteiger partial charge in [-0.15, -0.1) is 0 Å². The molecule has 1 N–H and O–H groups in total. The Kier molecular flexibility index (Phi) is 3.42. The maximum Gasteiger partial charge on any atom is 0.303 e. The second-order valence-corrected chi connectivity index (χ2v) is 4.17. The number of fused-ring (bicyclic) bond motifs is 1. The number of carboxylic acids is 1. The Bertz CT molecular complexity index is 442. The van der Waals surface area contributed by atoms with Gasteiger partial charge in [-0.25, -0.2) is 0 Å². The molecule has 1 heterocycles. The van der Waals surface area contributed by atoms with Gasteiger partial charge in [-0.2, -0.15) is 0 Å². The molecule has 0 radical (unpaired) electrons. The molecular formula is C13H15NO3. The number of carbonyl (C=O) groups excluding carboxylic acids is 1. The highest BCUT2D eigenvalue weighted by Gasteiger charge is 2.23. The SMILES string of the molecule is O=C(O)CCCC(=O)N1CCc2ccccc21. The molecule has 0 saturated carbocycles. The molecule has 0 aromatic heterocycles. The highest BCUT2D eigenvalue weighted by Crippen LogP contribution is 2.28. The van der Waals surface area contributed by atoms with Gasteiger partial charge in [0.15, 0.2) is 0 Å². The molecule has 1 aliphatic rings. The van der Waals surface area contributed by atoms with Gasteiger partial charge in [-0.05, 0) is 24.5 Å². The summed E-state index contributed by atoms with van der Waals surface area (Å²) >= 11 is 0. The van der Waals surface area contributed by atoms with Crippen molar-refractivity contribution in [3.8, 4) is 0 Å². The monoisotopic (exact) mass is 233 g/mol. The van der Waals surface area contributed by atoms with E-state index >= 15 is 0 Å². The Morgan fingerprint density at radius 1 is 1.24 bits per heavy atom. The molecule has 0 saturated heterocycles. The zero-order valence-electron chi connectivity index (χ0n) is 9.56. The van der Waals surface area contributed by atoms with Crippen LogP contribution >= 0.6 is 0 Å². The van der Waals surface area contributed by atoms with Crippen LogP contribution in [-0.2, 0) is 16.0 Å². The van der Waals surface area contributed by atoms with Crippen LogP contribution in [0.3, 0.4) is 0 Å². The summed E-state index contributed by atoms with van der Waals surface area (Å²) in [6.45, 7) is 0.714. The molecule has 1 aliphatic heterocycles. The number of hydrogen-bond acceptors (Lipinski definition) is 2. The Labute approximate surface area is 99.9 Å². The Morgan fingerprint density at radius 2 is 2.00 bits per heavy atom. The number of aliphatic carboxylic acids is 1. The topological polar surface area (TPSA) is 57.6 Å². The van der Waals surface area contributed by atoms with Crippen molar-refractivity contribution in [1.82, 2.24) is 0 Å². The normalized spacial score (nSPS) is 13.5. The number of benzene rings is 1. The lowest BCUT2D eigenvalue weighted by Crippen LogP contribution is -2.28. The van der Waals surface area contributed by atoms with E-state index in [0.29, 0.717) is 19.4 Å². The third-order valence-electron chi connectivity index (χ3n) is 2.97. The first-order chi connectivity index (χ1) is 8.18. The van der Waals surface area contributed by atoms with Crippen LogP contribution in [-0.4, -0.2) is 23.5 Å². The average Bonchev–Trinajstić information content (AvgIpc) is 2.72. The fraction of sp³-hybridized carbons (Fsp3) is 0.385. The number of hydrogen-bond donors (Lipinski definition) is 1. The molecular weight excluding hydrogens is 218 g/mol. The fourth-order valence-electron chi connectivity index (χ4n) is 2.12. The summed E-state index contributed by atoms with van der Waals surface area (Å²) in [6.07, 6.45) is 1.66. The minimum atomic E-state index is -0.848. The molecule has 4 nitrogen and oxygen atoms in total. The van der Waals surface area contributed by atoms with Gasteiger partial charge in [0.2, 0.25) is 5.91 Å². The van der Waals surface area contributed by atoms with E-state index < -0.39 is 5.97 Å². The van der Waals surface area contributed by atoms with Gasteiger partial charge in [0.05, 0.1) is 0 Å². The number of carboxylic acid groups (broad SMARTS) is 1. The van der Waals surface area contributed by atoms with Crippen LogP contribution in [0, 0.1) is 0 Å². The summed E-state index contributed by atoms with van der Waals surface area (Å²) in [5.74, 6) is -0.823. The Morgan fingerprint density at radius 3 is 2.76 bits per heavy atom. The largest absolute Gasteiger partial charge is 0.481 e. The van der Waals surface area contributed by atoms with Crippen molar-refractivity contribution in [2.75, 3.05) is 11.4 Å². The van der Waals surface area contributed by atoms with Gasteiger partial charge in [0.25, 0.3) is 0 Å². The molecule has 0 unspecified atom stereocenters. The van der Waals surface area contributed by atoms with Gasteiger partial charge in [0, 0.05) is 25.1 Å². The molecule has 17 heavy (non-hydrogen) atoms. The van der Waals surface area contributed by atoms with Crippen LogP contribution in [0.4, 0.5) is 5.69 Å². The predicted octanol–water partition coefficient (Wildman–Crippen LogP) is 1.83. The second-order valence-electron chi connectivity index (χ2n) is 4.17. The number of para-hydroxylation sites is 1. The van der Waals surface area contributed by atoms with Gasteiger partial charge < -0.3 is 10.0 Å². The van der Waals surface area contributed by atoms with Gasteiger partial charge in [-0.1, -0.05) is 18.2 Å². The van der Waals surface area contributed by atoms with Crippen molar-refractivity contribution in [2.24, 2.45) is 0 Å². The van der Waals surface area contributed by atoms with Crippen LogP contribution in [0.25, 0.3) is 0 Å². The van der Waals surface area contributed by atoms with E-state index in [-0.39, 0.29) is 12.3 Å². The van der Waals surface area contributed by atoms with E-state index in [9.17, 15) is 9.59 Å². The predicted molar refractivity (Wildman–Crippen MR) is 64.0 cm³/mol. The number of rotatable bonds is 4. The van der Waals surface area contributed by atoms with Crippen LogP contribution < -0.4 is 4.90 Å². The summed E-state index contributed by atoms with van der Waals surface area (Å²) in [6, 6.07) is 7.86. The highest BCUT2D eigenvalue weighted by atomic mass is 16.4. The lowest BCUT2D eigenvalue weighted by Gasteiger charge is -2.16. The number of amides is 1. The van der Waals surface area contributed by atoms with Crippen molar-refractivity contribution < 1.29 is 14.7 Å². The minimum absolute atomic E-state index is 0.0243. The third kappa shape index (κ3) is 2.64. The molecule has 0 atom stereocenters. The maximum absolute atomic E-state index is 11.9. The fourth-order valence-corrected chi connectivity index (χ4v) is 2.12. The number of anilines is 1. The first-order valence-corrected chi connectivity index (χ1v) is 5.78. The number of carbonyl (C=O) groups is 2. The highest BCUT2D eigenvalue weighted by molar-refractivity contribution is 5.95. The minimum Gasteiger partial charge on any atom is -0.481 e. The summed E-state index contributed by atoms with van der Waals surface area (Å²) < 4.78 is 0. The average molecular weight is 233 g/mol. The molecule has 2 rings (SSSR count). The summed E-state index contributed by atoms with van der Waals surface area (Å²) in [5.41, 5.74) is 2.17. The summed E-state index contributed by atoms with van der Waals surface area (Å²) in [7, 11) is 0. The molecule has 90 valence electrons. The van der Waals surface area contributed by atoms with Crippen LogP contribution in [0.1, 0.15) is 24.8 Å². The molecule has 0 fully saturated rings. The quantitative estimate of drug-likeness (QED) is 0.863. The Balaban J connectivity index is 1.96. The lowest BCUT2D eigenvalue weighted by molar-refractivity contribution is -0.137. The van der Waals surface area contributed by atoms with Crippen LogP contribution in [0.5, 0.6) is 0 Å². The van der Waals surface area contributed by atoms with Crippen molar-refractivity contribution in [3.63, 3.8) is 0 Å². The number of nitrogens with zero attached hydrogens (tertiary/aromatic N) is 1. The first-order valence-electron chi connectivity index (χ1n) is 5.78. The smallest absolute Gasteiger partial charge is 0.303 e. The second kappa shape index (κ2) is 4.99. The van der Waals surface area contributed by atoms with E-state index in [1.54, 1.807) is 4.90 Å². The summed E-state index contributed by atoms with van der Waals surface area (Å²) in [5, 5.41) is 8.52. The zero-order chi connectivity index (χ0) is 12.3. The molecule has 1 aromatic carbocycles. The Hall–Kier alpha value is -1.84. The van der Waals surface area contributed by atoms with Gasteiger partial charge in [-0.3, -0.25) is 9.59 Å². The van der Waals surface area contributed by atoms with E-state index in [0.717, 1.165) is 12.1 Å². The van der Waals surface area contributed by atoms with E-state index in [2.05, 4.69) is 0 Å². The molecule has 0 bridgehead atoms. The van der Waals surface area contributed by atoms with E-state index in [1.807, 2.05) is 24.3 Å². The van der Waals surface area contributed by atoms with Crippen molar-refractivity contribution >= 4 is 17.6 Å². The first kappa shape index (κ1) is 11.6. The molecule has 1 amide bonds. The van der Waals surface area contributed by atoms with E-state index in [4.69, 9.17) is 5.11 Å². The molecule has 4 heteroatoms. The molecule has 1 aromatic rings. The zero-order valence-corrected chi connectivity index (χ0v) is 9.56. The van der Waals surface area contributed by atoms with Crippen LogP contribution in [0.15, 0.2) is 24.3 Å².